The predicted molar refractivity (Wildman–Crippen MR) is 68.4 cm³/mol. The molecule has 2 heterocycles. The lowest BCUT2D eigenvalue weighted by atomic mass is 10.2. The Morgan fingerprint density at radius 1 is 1.58 bits per heavy atom. The third-order valence-electron chi connectivity index (χ3n) is 2.45. The molecule has 102 valence electrons. The average Bonchev–Trinajstić information content (AvgIpc) is 2.74. The van der Waals surface area contributed by atoms with Crippen molar-refractivity contribution in [3.63, 3.8) is 0 Å². The molecule has 0 aliphatic heterocycles. The fraction of sp³-hybridized carbons (Fsp3) is 0.273. The number of nitrogens with zero attached hydrogens (tertiary/aromatic N) is 1. The van der Waals surface area contributed by atoms with E-state index in [1.165, 1.54) is 0 Å². The molecule has 0 unspecified atom stereocenters. The normalized spacial score (nSPS) is 11.7. The van der Waals surface area contributed by atoms with Crippen LogP contribution in [0.1, 0.15) is 9.67 Å². The lowest BCUT2D eigenvalue weighted by Crippen LogP contribution is -2.38. The number of aliphatic hydroxyl groups is 1. The van der Waals surface area contributed by atoms with Crippen LogP contribution in [0.4, 0.5) is 14.5 Å². The third kappa shape index (κ3) is 2.79. The largest absolute Gasteiger partial charge is 0.397 e. The van der Waals surface area contributed by atoms with Crippen LogP contribution in [0.5, 0.6) is 0 Å². The Morgan fingerprint density at radius 2 is 2.32 bits per heavy atom. The minimum absolute atomic E-state index is 0.141. The summed E-state index contributed by atoms with van der Waals surface area (Å²) in [4.78, 5) is 16.5. The highest BCUT2D eigenvalue weighted by molar-refractivity contribution is 7.21. The van der Waals surface area contributed by atoms with E-state index in [4.69, 9.17) is 10.8 Å². The fourth-order valence-electron chi connectivity index (χ4n) is 1.47. The molecule has 0 spiro atoms. The van der Waals surface area contributed by atoms with Gasteiger partial charge in [-0.3, -0.25) is 4.79 Å². The lowest BCUT2D eigenvalue weighted by Gasteiger charge is -2.13. The number of hydrogen-bond acceptors (Lipinski definition) is 5. The van der Waals surface area contributed by atoms with Crippen LogP contribution in [-0.2, 0) is 0 Å². The number of thiophene rings is 1. The third-order valence-corrected chi connectivity index (χ3v) is 3.58. The molecule has 0 bridgehead atoms. The van der Waals surface area contributed by atoms with E-state index in [1.807, 2.05) is 5.32 Å². The van der Waals surface area contributed by atoms with Gasteiger partial charge in [0.1, 0.15) is 16.3 Å². The fourth-order valence-corrected chi connectivity index (χ4v) is 2.45. The average molecular weight is 287 g/mol. The number of alkyl halides is 2. The van der Waals surface area contributed by atoms with Gasteiger partial charge in [0.25, 0.3) is 11.8 Å². The molecule has 2 rings (SSSR count). The molecule has 0 saturated heterocycles. The number of rotatable bonds is 4. The second kappa shape index (κ2) is 5.06. The monoisotopic (exact) mass is 287 g/mol. The van der Waals surface area contributed by atoms with Gasteiger partial charge in [-0.25, -0.2) is 13.8 Å². The number of nitrogens with one attached hydrogen (secondary N) is 1. The van der Waals surface area contributed by atoms with Crippen LogP contribution in [0, 0.1) is 0 Å². The summed E-state index contributed by atoms with van der Waals surface area (Å²) in [6, 6.07) is 3.38. The van der Waals surface area contributed by atoms with Crippen LogP contribution in [0.25, 0.3) is 10.2 Å². The number of nitrogens with two attached hydrogens (primary N) is 1. The molecule has 1 amide bonds. The summed E-state index contributed by atoms with van der Waals surface area (Å²) < 4.78 is 25.7. The van der Waals surface area contributed by atoms with Crippen LogP contribution in [-0.4, -0.2) is 35.1 Å². The zero-order chi connectivity index (χ0) is 14.0. The summed E-state index contributed by atoms with van der Waals surface area (Å²) in [5, 5.41) is 11.1. The first-order chi connectivity index (χ1) is 8.94. The van der Waals surface area contributed by atoms with E-state index in [9.17, 15) is 13.6 Å². The van der Waals surface area contributed by atoms with Crippen LogP contribution in [0.15, 0.2) is 18.3 Å². The number of aromatic nitrogens is 1. The van der Waals surface area contributed by atoms with E-state index < -0.39 is 25.0 Å². The maximum absolute atomic E-state index is 12.8. The van der Waals surface area contributed by atoms with Crippen molar-refractivity contribution in [2.75, 3.05) is 18.9 Å². The number of hydrogen-bond donors (Lipinski definition) is 3. The van der Waals surface area contributed by atoms with Gasteiger partial charge in [-0.15, -0.1) is 11.3 Å². The van der Waals surface area contributed by atoms with Crippen molar-refractivity contribution >= 4 is 33.1 Å². The van der Waals surface area contributed by atoms with Gasteiger partial charge in [0, 0.05) is 11.6 Å². The molecular weight excluding hydrogens is 276 g/mol. The molecule has 19 heavy (non-hydrogen) atoms. The van der Waals surface area contributed by atoms with E-state index in [0.29, 0.717) is 10.2 Å². The number of carbonyl (C=O) groups excluding carboxylic acids is 1. The Kier molecular flexibility index (Phi) is 3.63. The zero-order valence-electron chi connectivity index (χ0n) is 9.69. The first-order valence-electron chi connectivity index (χ1n) is 5.34. The topological polar surface area (TPSA) is 88.2 Å². The molecule has 0 aliphatic carbocycles. The molecule has 0 atom stereocenters. The van der Waals surface area contributed by atoms with E-state index in [0.717, 1.165) is 11.3 Å². The number of halogens is 2. The molecule has 0 saturated carbocycles. The molecule has 0 fully saturated rings. The van der Waals surface area contributed by atoms with Crippen LogP contribution in [0.3, 0.4) is 0 Å². The van der Waals surface area contributed by atoms with Crippen molar-refractivity contribution in [1.29, 1.82) is 0 Å². The van der Waals surface area contributed by atoms with Gasteiger partial charge in [-0.05, 0) is 12.1 Å². The number of pyridine rings is 1. The van der Waals surface area contributed by atoms with Crippen molar-refractivity contribution in [2.24, 2.45) is 0 Å². The lowest BCUT2D eigenvalue weighted by molar-refractivity contribution is -0.0461. The molecule has 0 aromatic carbocycles. The summed E-state index contributed by atoms with van der Waals surface area (Å²) in [5.41, 5.74) is 6.00. The smallest absolute Gasteiger partial charge is 0.287 e. The van der Waals surface area contributed by atoms with Crippen molar-refractivity contribution in [1.82, 2.24) is 10.3 Å². The van der Waals surface area contributed by atoms with Crippen molar-refractivity contribution in [3.8, 4) is 0 Å². The van der Waals surface area contributed by atoms with Crippen molar-refractivity contribution in [3.05, 3.63) is 23.2 Å². The zero-order valence-corrected chi connectivity index (χ0v) is 10.5. The SMILES string of the molecule is Nc1c(C(=O)NCC(F)(F)CO)sc2ncccc12. The molecule has 0 aliphatic rings. The standard InChI is InChI=1S/C11H11F2N3O2S/c12-11(13,5-17)4-16-9(18)8-7(14)6-2-1-3-15-10(6)19-8/h1-3,17H,4-5,14H2,(H,16,18). The van der Waals surface area contributed by atoms with Crippen molar-refractivity contribution < 1.29 is 18.7 Å². The first-order valence-corrected chi connectivity index (χ1v) is 6.16. The minimum atomic E-state index is -3.35. The number of nitrogen functional groups attached to an aromatic ring is 1. The van der Waals surface area contributed by atoms with Crippen LogP contribution >= 0.6 is 11.3 Å². The van der Waals surface area contributed by atoms with Gasteiger partial charge >= 0.3 is 0 Å². The highest BCUT2D eigenvalue weighted by Gasteiger charge is 2.29. The number of carbonyl (C=O) groups is 1. The van der Waals surface area contributed by atoms with Gasteiger partial charge in [0.05, 0.1) is 12.2 Å². The molecule has 8 heteroatoms. The first kappa shape index (κ1) is 13.6. The quantitative estimate of drug-likeness (QED) is 0.789. The van der Waals surface area contributed by atoms with E-state index in [2.05, 4.69) is 4.98 Å². The second-order valence-electron chi connectivity index (χ2n) is 3.90. The van der Waals surface area contributed by atoms with Gasteiger partial charge < -0.3 is 16.2 Å². The molecule has 2 aromatic heterocycles. The summed E-state index contributed by atoms with van der Waals surface area (Å²) in [6.45, 7) is -2.26. The van der Waals surface area contributed by atoms with Crippen LogP contribution < -0.4 is 11.1 Å². The highest BCUT2D eigenvalue weighted by atomic mass is 32.1. The Hall–Kier alpha value is -1.80. The van der Waals surface area contributed by atoms with Gasteiger partial charge in [0.15, 0.2) is 0 Å². The minimum Gasteiger partial charge on any atom is -0.397 e. The Balaban J connectivity index is 2.20. The maximum atomic E-state index is 12.8. The molecule has 0 radical (unpaired) electrons. The maximum Gasteiger partial charge on any atom is 0.287 e. The summed E-state index contributed by atoms with van der Waals surface area (Å²) in [7, 11) is 0. The van der Waals surface area contributed by atoms with Gasteiger partial charge in [-0.2, -0.15) is 0 Å². The number of anilines is 1. The Labute approximate surface area is 111 Å². The van der Waals surface area contributed by atoms with Gasteiger partial charge in [0.2, 0.25) is 0 Å². The second-order valence-corrected chi connectivity index (χ2v) is 4.90. The Bertz CT molecular complexity index is 615. The molecule has 5 nitrogen and oxygen atoms in total. The van der Waals surface area contributed by atoms with E-state index >= 15 is 0 Å². The predicted octanol–water partition coefficient (Wildman–Crippen LogP) is 1.24. The number of aliphatic hydroxyl groups excluding tert-OH is 1. The van der Waals surface area contributed by atoms with E-state index in [1.54, 1.807) is 18.3 Å². The van der Waals surface area contributed by atoms with E-state index in [-0.39, 0.29) is 10.6 Å². The number of amides is 1. The summed E-state index contributed by atoms with van der Waals surface area (Å²) in [5.74, 6) is -4.05. The molecule has 2 aromatic rings. The molecule has 4 N–H and O–H groups in total. The van der Waals surface area contributed by atoms with Crippen molar-refractivity contribution in [2.45, 2.75) is 5.92 Å². The molecular formula is C11H11F2N3O2S. The summed E-state index contributed by atoms with van der Waals surface area (Å²) >= 11 is 1.03. The highest BCUT2D eigenvalue weighted by Crippen LogP contribution is 2.31. The number of fused-ring (bicyclic) bond motifs is 1. The summed E-state index contributed by atoms with van der Waals surface area (Å²) in [6.07, 6.45) is 1.56. The van der Waals surface area contributed by atoms with Gasteiger partial charge in [-0.1, -0.05) is 0 Å². The Morgan fingerprint density at radius 3 is 2.95 bits per heavy atom. The van der Waals surface area contributed by atoms with Crippen LogP contribution in [0.2, 0.25) is 0 Å².